The molecule has 35 heavy (non-hydrogen) atoms. The summed E-state index contributed by atoms with van der Waals surface area (Å²) in [5, 5.41) is 22.7. The quantitative estimate of drug-likeness (QED) is 0.514. The lowest BCUT2D eigenvalue weighted by atomic mass is 9.93. The molecule has 2 aliphatic rings. The van der Waals surface area contributed by atoms with Crippen molar-refractivity contribution in [3.63, 3.8) is 0 Å². The highest BCUT2D eigenvalue weighted by Crippen LogP contribution is 2.39. The second-order valence-corrected chi connectivity index (χ2v) is 9.09. The Morgan fingerprint density at radius 1 is 1.06 bits per heavy atom. The Balaban J connectivity index is 1.33. The molecule has 0 amide bonds. The van der Waals surface area contributed by atoms with Crippen LogP contribution in [0, 0.1) is 17.2 Å². The molecule has 2 aromatic heterocycles. The molecule has 1 unspecified atom stereocenters. The number of anilines is 2. The van der Waals surface area contributed by atoms with Gasteiger partial charge in [0.25, 0.3) is 0 Å². The molecule has 0 bridgehead atoms. The lowest BCUT2D eigenvalue weighted by molar-refractivity contribution is 0.0254. The van der Waals surface area contributed by atoms with Gasteiger partial charge in [-0.15, -0.1) is 0 Å². The summed E-state index contributed by atoms with van der Waals surface area (Å²) in [5.74, 6) is 1.60. The molecule has 3 aromatic rings. The fourth-order valence-electron chi connectivity index (χ4n) is 4.94. The van der Waals surface area contributed by atoms with E-state index in [4.69, 9.17) is 9.47 Å². The van der Waals surface area contributed by atoms with Crippen LogP contribution in [0.4, 0.5) is 11.6 Å². The van der Waals surface area contributed by atoms with E-state index in [0.717, 1.165) is 49.0 Å². The molecule has 1 saturated heterocycles. The van der Waals surface area contributed by atoms with Gasteiger partial charge in [-0.25, -0.2) is 9.97 Å². The highest BCUT2D eigenvalue weighted by molar-refractivity contribution is 5.65. The van der Waals surface area contributed by atoms with E-state index in [1.807, 2.05) is 30.3 Å². The first-order valence-electron chi connectivity index (χ1n) is 12.2. The van der Waals surface area contributed by atoms with Crippen molar-refractivity contribution in [1.82, 2.24) is 15.0 Å². The Morgan fingerprint density at radius 2 is 1.91 bits per heavy atom. The van der Waals surface area contributed by atoms with Crippen molar-refractivity contribution in [1.29, 1.82) is 5.26 Å². The number of nitriles is 1. The molecule has 8 heteroatoms. The largest absolute Gasteiger partial charge is 0.489 e. The first-order valence-corrected chi connectivity index (χ1v) is 12.2. The van der Waals surface area contributed by atoms with Crippen molar-refractivity contribution in [2.45, 2.75) is 44.1 Å². The van der Waals surface area contributed by atoms with Gasteiger partial charge in [-0.1, -0.05) is 6.42 Å². The SMILES string of the molecule is N#Cc1cc(-c2ccnc(Nc3ccnc(C4CCC[C@H]4CO)c3)n2)ccc1OC1CCOCC1. The highest BCUT2D eigenvalue weighted by Gasteiger charge is 2.29. The predicted octanol–water partition coefficient (Wildman–Crippen LogP) is 4.59. The smallest absolute Gasteiger partial charge is 0.227 e. The van der Waals surface area contributed by atoms with Gasteiger partial charge in [0.05, 0.1) is 24.5 Å². The Bertz CT molecular complexity index is 1210. The van der Waals surface area contributed by atoms with E-state index in [2.05, 4.69) is 26.3 Å². The number of nitrogens with zero attached hydrogens (tertiary/aromatic N) is 4. The van der Waals surface area contributed by atoms with Gasteiger partial charge in [0.15, 0.2) is 0 Å². The van der Waals surface area contributed by atoms with E-state index in [9.17, 15) is 10.4 Å². The molecular formula is C27H29N5O3. The van der Waals surface area contributed by atoms with Crippen LogP contribution in [-0.4, -0.2) is 46.0 Å². The number of aromatic nitrogens is 3. The van der Waals surface area contributed by atoms with E-state index in [1.165, 1.54) is 0 Å². The van der Waals surface area contributed by atoms with E-state index < -0.39 is 0 Å². The number of aliphatic hydroxyl groups is 1. The summed E-state index contributed by atoms with van der Waals surface area (Å²) in [5.41, 5.74) is 3.85. The van der Waals surface area contributed by atoms with Gasteiger partial charge < -0.3 is 19.9 Å². The zero-order valence-corrected chi connectivity index (χ0v) is 19.6. The Hall–Kier alpha value is -3.54. The third-order valence-electron chi connectivity index (χ3n) is 6.82. The molecule has 2 fully saturated rings. The Labute approximate surface area is 205 Å². The molecule has 1 aliphatic heterocycles. The number of rotatable bonds is 7. The van der Waals surface area contributed by atoms with Crippen molar-refractivity contribution < 1.29 is 14.6 Å². The molecule has 1 aromatic carbocycles. The monoisotopic (exact) mass is 471 g/mol. The van der Waals surface area contributed by atoms with Crippen molar-refractivity contribution in [2.75, 3.05) is 25.1 Å². The second-order valence-electron chi connectivity index (χ2n) is 9.09. The summed E-state index contributed by atoms with van der Waals surface area (Å²) in [6.45, 7) is 1.56. The standard InChI is InChI=1S/C27H29N5O3/c28-16-20-14-18(4-5-26(20)35-22-8-12-34-13-9-22)24-7-11-30-27(32-24)31-21-6-10-29-25(15-21)23-3-1-2-19(23)17-33/h4-7,10-11,14-15,19,22-23,33H,1-3,8-9,12-13,17H2,(H,29,30,31,32)/t19-,23?/m0/s1. The molecule has 1 saturated carbocycles. The maximum atomic E-state index is 9.70. The summed E-state index contributed by atoms with van der Waals surface area (Å²) < 4.78 is 11.5. The Morgan fingerprint density at radius 3 is 2.74 bits per heavy atom. The fourth-order valence-corrected chi connectivity index (χ4v) is 4.94. The third kappa shape index (κ3) is 5.42. The minimum Gasteiger partial charge on any atom is -0.489 e. The van der Waals surface area contributed by atoms with E-state index in [-0.39, 0.29) is 24.5 Å². The van der Waals surface area contributed by atoms with Gasteiger partial charge in [-0.05, 0) is 55.2 Å². The fraction of sp³-hybridized carbons (Fsp3) is 0.407. The molecule has 2 atom stereocenters. The number of pyridine rings is 1. The molecule has 180 valence electrons. The van der Waals surface area contributed by atoms with Gasteiger partial charge in [0.1, 0.15) is 17.9 Å². The van der Waals surface area contributed by atoms with E-state index in [1.54, 1.807) is 18.5 Å². The number of nitrogens with one attached hydrogen (secondary N) is 1. The number of ether oxygens (including phenoxy) is 2. The third-order valence-corrected chi connectivity index (χ3v) is 6.82. The Kier molecular flexibility index (Phi) is 7.17. The van der Waals surface area contributed by atoms with Crippen molar-refractivity contribution >= 4 is 11.6 Å². The summed E-state index contributed by atoms with van der Waals surface area (Å²) in [7, 11) is 0. The molecule has 0 radical (unpaired) electrons. The summed E-state index contributed by atoms with van der Waals surface area (Å²) in [4.78, 5) is 13.6. The topological polar surface area (TPSA) is 113 Å². The summed E-state index contributed by atoms with van der Waals surface area (Å²) in [6, 6.07) is 13.5. The van der Waals surface area contributed by atoms with Crippen LogP contribution in [0.5, 0.6) is 5.75 Å². The summed E-state index contributed by atoms with van der Waals surface area (Å²) >= 11 is 0. The van der Waals surface area contributed by atoms with Crippen LogP contribution in [0.1, 0.15) is 49.3 Å². The number of hydrogen-bond donors (Lipinski definition) is 2. The number of benzene rings is 1. The van der Waals surface area contributed by atoms with Crippen LogP contribution in [0.25, 0.3) is 11.3 Å². The van der Waals surface area contributed by atoms with Gasteiger partial charge in [-0.3, -0.25) is 4.98 Å². The molecule has 5 rings (SSSR count). The van der Waals surface area contributed by atoms with Crippen molar-refractivity contribution in [3.05, 3.63) is 60.0 Å². The lowest BCUT2D eigenvalue weighted by Gasteiger charge is -2.23. The van der Waals surface area contributed by atoms with Crippen LogP contribution >= 0.6 is 0 Å². The van der Waals surface area contributed by atoms with Crippen LogP contribution in [0.3, 0.4) is 0 Å². The zero-order valence-electron chi connectivity index (χ0n) is 19.6. The molecular weight excluding hydrogens is 442 g/mol. The van der Waals surface area contributed by atoms with Crippen molar-refractivity contribution in [2.24, 2.45) is 5.92 Å². The van der Waals surface area contributed by atoms with Crippen LogP contribution in [-0.2, 0) is 4.74 Å². The van der Waals surface area contributed by atoms with Gasteiger partial charge >= 0.3 is 0 Å². The predicted molar refractivity (Wildman–Crippen MR) is 131 cm³/mol. The minimum absolute atomic E-state index is 0.0682. The number of aliphatic hydroxyl groups excluding tert-OH is 1. The lowest BCUT2D eigenvalue weighted by Crippen LogP contribution is -2.26. The second kappa shape index (κ2) is 10.8. The average Bonchev–Trinajstić information content (AvgIpc) is 3.39. The molecule has 0 spiro atoms. The summed E-state index contributed by atoms with van der Waals surface area (Å²) in [6.07, 6.45) is 8.40. The highest BCUT2D eigenvalue weighted by atomic mass is 16.5. The zero-order chi connectivity index (χ0) is 24.0. The normalized spacial score (nSPS) is 20.3. The van der Waals surface area contributed by atoms with Gasteiger partial charge in [0.2, 0.25) is 5.95 Å². The first-order chi connectivity index (χ1) is 17.2. The molecule has 2 N–H and O–H groups in total. The van der Waals surface area contributed by atoms with E-state index in [0.29, 0.717) is 36.2 Å². The molecule has 8 nitrogen and oxygen atoms in total. The van der Waals surface area contributed by atoms with Crippen LogP contribution < -0.4 is 10.1 Å². The van der Waals surface area contributed by atoms with Crippen LogP contribution in [0.15, 0.2) is 48.8 Å². The van der Waals surface area contributed by atoms with Gasteiger partial charge in [0, 0.05) is 54.7 Å². The maximum Gasteiger partial charge on any atom is 0.227 e. The average molecular weight is 472 g/mol. The molecule has 3 heterocycles. The van der Waals surface area contributed by atoms with E-state index >= 15 is 0 Å². The minimum atomic E-state index is 0.0682. The van der Waals surface area contributed by atoms with Gasteiger partial charge in [-0.2, -0.15) is 5.26 Å². The maximum absolute atomic E-state index is 9.70. The molecule has 1 aliphatic carbocycles. The number of hydrogen-bond acceptors (Lipinski definition) is 8. The van der Waals surface area contributed by atoms with Crippen molar-refractivity contribution in [3.8, 4) is 23.1 Å². The van der Waals surface area contributed by atoms with Crippen LogP contribution in [0.2, 0.25) is 0 Å². The first kappa shape index (κ1) is 23.2.